The van der Waals surface area contributed by atoms with Crippen molar-refractivity contribution < 1.29 is 18.7 Å². The zero-order valence-electron chi connectivity index (χ0n) is 11.9. The zero-order chi connectivity index (χ0) is 14.8. The summed E-state index contributed by atoms with van der Waals surface area (Å²) in [6.45, 7) is 3.99. The molecule has 1 atom stereocenters. The maximum absolute atomic E-state index is 12.1. The van der Waals surface area contributed by atoms with Crippen LogP contribution in [0.4, 0.5) is 0 Å². The molecule has 0 bridgehead atoms. The van der Waals surface area contributed by atoms with Gasteiger partial charge in [-0.2, -0.15) is 0 Å². The molecule has 1 saturated heterocycles. The summed E-state index contributed by atoms with van der Waals surface area (Å²) in [6.07, 6.45) is 2.31. The van der Waals surface area contributed by atoms with Crippen LogP contribution in [0.25, 0.3) is 0 Å². The number of methoxy groups -OCH3 is 1. The van der Waals surface area contributed by atoms with Crippen molar-refractivity contribution in [2.45, 2.75) is 44.9 Å². The number of carbonyl (C=O) groups excluding carboxylic acids is 2. The molecule has 1 unspecified atom stereocenters. The second-order valence-electron chi connectivity index (χ2n) is 5.39. The number of piperidine rings is 1. The quantitative estimate of drug-likeness (QED) is 0.843. The Hall–Kier alpha value is -1.89. The Morgan fingerprint density at radius 2 is 2.40 bits per heavy atom. The fraction of sp³-hybridized carbons (Fsp3) is 0.615. The molecule has 7 nitrogen and oxygen atoms in total. The highest BCUT2D eigenvalue weighted by Gasteiger charge is 2.36. The lowest BCUT2D eigenvalue weighted by molar-refractivity contribution is -0.125. The van der Waals surface area contributed by atoms with Gasteiger partial charge in [-0.15, -0.1) is 0 Å². The Kier molecular flexibility index (Phi) is 4.08. The second-order valence-corrected chi connectivity index (χ2v) is 5.39. The van der Waals surface area contributed by atoms with Crippen LogP contribution in [0, 0.1) is 0 Å². The average Bonchev–Trinajstić information content (AvgIpc) is 2.81. The Labute approximate surface area is 117 Å². The number of rotatable bonds is 4. The number of amides is 2. The number of hydrogen-bond donors (Lipinski definition) is 2. The molecule has 2 heterocycles. The summed E-state index contributed by atoms with van der Waals surface area (Å²) in [6, 6.07) is -0.143. The SMILES string of the molecule is COCc1nc(C(=O)NC2CCC(=O)NC2(C)C)co1. The first kappa shape index (κ1) is 14.5. The summed E-state index contributed by atoms with van der Waals surface area (Å²) in [4.78, 5) is 27.5. The minimum absolute atomic E-state index is 0.00400. The molecule has 1 aromatic rings. The van der Waals surface area contributed by atoms with Gasteiger partial charge in [0.25, 0.3) is 5.91 Å². The van der Waals surface area contributed by atoms with Crippen molar-refractivity contribution in [3.8, 4) is 0 Å². The number of carbonyl (C=O) groups is 2. The summed E-state index contributed by atoms with van der Waals surface area (Å²) in [5.41, 5.74) is -0.269. The highest BCUT2D eigenvalue weighted by molar-refractivity contribution is 5.92. The third kappa shape index (κ3) is 3.16. The van der Waals surface area contributed by atoms with Crippen LogP contribution in [0.15, 0.2) is 10.7 Å². The number of nitrogens with zero attached hydrogens (tertiary/aromatic N) is 1. The van der Waals surface area contributed by atoms with Crippen molar-refractivity contribution in [2.75, 3.05) is 7.11 Å². The van der Waals surface area contributed by atoms with Gasteiger partial charge >= 0.3 is 0 Å². The fourth-order valence-electron chi connectivity index (χ4n) is 2.23. The molecule has 1 aliphatic rings. The minimum atomic E-state index is -0.482. The maximum Gasteiger partial charge on any atom is 0.273 e. The Bertz CT molecular complexity index is 509. The predicted octanol–water partition coefficient (Wildman–Crippen LogP) is 0.608. The van der Waals surface area contributed by atoms with Crippen molar-refractivity contribution in [3.63, 3.8) is 0 Å². The van der Waals surface area contributed by atoms with E-state index in [9.17, 15) is 9.59 Å². The number of hydrogen-bond acceptors (Lipinski definition) is 5. The lowest BCUT2D eigenvalue weighted by Crippen LogP contribution is -2.62. The number of oxazole rings is 1. The molecule has 0 saturated carbocycles. The van der Waals surface area contributed by atoms with Crippen LogP contribution in [0.5, 0.6) is 0 Å². The van der Waals surface area contributed by atoms with Crippen LogP contribution in [-0.2, 0) is 16.1 Å². The average molecular weight is 281 g/mol. The maximum atomic E-state index is 12.1. The second kappa shape index (κ2) is 5.62. The molecule has 0 radical (unpaired) electrons. The van der Waals surface area contributed by atoms with Crippen LogP contribution in [-0.4, -0.2) is 35.5 Å². The molecule has 1 aromatic heterocycles. The van der Waals surface area contributed by atoms with E-state index in [1.54, 1.807) is 0 Å². The van der Waals surface area contributed by atoms with Crippen LogP contribution < -0.4 is 10.6 Å². The number of aromatic nitrogens is 1. The normalized spacial score (nSPS) is 21.4. The molecule has 7 heteroatoms. The van der Waals surface area contributed by atoms with E-state index < -0.39 is 5.54 Å². The molecule has 2 rings (SSSR count). The van der Waals surface area contributed by atoms with E-state index in [0.717, 1.165) is 0 Å². The fourth-order valence-corrected chi connectivity index (χ4v) is 2.23. The van der Waals surface area contributed by atoms with E-state index in [1.807, 2.05) is 13.8 Å². The predicted molar refractivity (Wildman–Crippen MR) is 69.9 cm³/mol. The monoisotopic (exact) mass is 281 g/mol. The Morgan fingerprint density at radius 1 is 1.65 bits per heavy atom. The van der Waals surface area contributed by atoms with E-state index in [1.165, 1.54) is 13.4 Å². The summed E-state index contributed by atoms with van der Waals surface area (Å²) in [5.74, 6) is 0.0449. The van der Waals surface area contributed by atoms with Gasteiger partial charge in [-0.05, 0) is 20.3 Å². The first-order chi connectivity index (χ1) is 9.42. The van der Waals surface area contributed by atoms with Gasteiger partial charge in [-0.3, -0.25) is 9.59 Å². The van der Waals surface area contributed by atoms with Gasteiger partial charge in [0.1, 0.15) is 12.9 Å². The van der Waals surface area contributed by atoms with Crippen molar-refractivity contribution in [3.05, 3.63) is 17.8 Å². The first-order valence-electron chi connectivity index (χ1n) is 6.47. The lowest BCUT2D eigenvalue weighted by atomic mass is 9.87. The van der Waals surface area contributed by atoms with Crippen LogP contribution in [0.1, 0.15) is 43.1 Å². The molecule has 20 heavy (non-hydrogen) atoms. The third-order valence-electron chi connectivity index (χ3n) is 3.35. The standard InChI is InChI=1S/C13H19N3O4/c1-13(2)9(4-5-10(17)16-13)15-12(18)8-6-20-11(14-8)7-19-3/h6,9H,4-5,7H2,1-3H3,(H,15,18)(H,16,17). The summed E-state index contributed by atoms with van der Waals surface area (Å²) >= 11 is 0. The van der Waals surface area contributed by atoms with E-state index >= 15 is 0 Å². The molecule has 2 N–H and O–H groups in total. The smallest absolute Gasteiger partial charge is 0.273 e. The van der Waals surface area contributed by atoms with Gasteiger partial charge in [-0.25, -0.2) is 4.98 Å². The van der Waals surface area contributed by atoms with Crippen LogP contribution in [0.2, 0.25) is 0 Å². The molecule has 0 spiro atoms. The highest BCUT2D eigenvalue weighted by Crippen LogP contribution is 2.20. The molecule has 2 amide bonds. The van der Waals surface area contributed by atoms with Crippen LogP contribution in [0.3, 0.4) is 0 Å². The van der Waals surface area contributed by atoms with Gasteiger partial charge in [0.05, 0.1) is 11.6 Å². The first-order valence-corrected chi connectivity index (χ1v) is 6.47. The summed E-state index contributed by atoms with van der Waals surface area (Å²) in [7, 11) is 1.52. The highest BCUT2D eigenvalue weighted by atomic mass is 16.5. The molecule has 0 aliphatic carbocycles. The van der Waals surface area contributed by atoms with Gasteiger partial charge < -0.3 is 19.8 Å². The van der Waals surface area contributed by atoms with Gasteiger partial charge in [-0.1, -0.05) is 0 Å². The molecule has 110 valence electrons. The Balaban J connectivity index is 2.01. The van der Waals surface area contributed by atoms with E-state index in [2.05, 4.69) is 15.6 Å². The minimum Gasteiger partial charge on any atom is -0.446 e. The van der Waals surface area contributed by atoms with Crippen molar-refractivity contribution >= 4 is 11.8 Å². The molecule has 1 fully saturated rings. The van der Waals surface area contributed by atoms with Gasteiger partial charge in [0, 0.05) is 13.5 Å². The van der Waals surface area contributed by atoms with E-state index in [4.69, 9.17) is 9.15 Å². The largest absolute Gasteiger partial charge is 0.446 e. The molecular weight excluding hydrogens is 262 g/mol. The Morgan fingerprint density at radius 3 is 3.05 bits per heavy atom. The topological polar surface area (TPSA) is 93.5 Å². The number of nitrogens with one attached hydrogen (secondary N) is 2. The molecular formula is C13H19N3O4. The summed E-state index contributed by atoms with van der Waals surface area (Å²) in [5, 5.41) is 5.75. The lowest BCUT2D eigenvalue weighted by Gasteiger charge is -2.39. The molecule has 1 aliphatic heterocycles. The van der Waals surface area contributed by atoms with Crippen molar-refractivity contribution in [1.29, 1.82) is 0 Å². The van der Waals surface area contributed by atoms with Crippen molar-refractivity contribution in [1.82, 2.24) is 15.6 Å². The van der Waals surface area contributed by atoms with E-state index in [0.29, 0.717) is 18.7 Å². The van der Waals surface area contributed by atoms with Gasteiger partial charge in [0.15, 0.2) is 5.69 Å². The van der Waals surface area contributed by atoms with Crippen LogP contribution >= 0.6 is 0 Å². The molecule has 0 aromatic carbocycles. The van der Waals surface area contributed by atoms with Crippen molar-refractivity contribution in [2.24, 2.45) is 0 Å². The number of ether oxygens (including phenoxy) is 1. The summed E-state index contributed by atoms with van der Waals surface area (Å²) < 4.78 is 10.00. The zero-order valence-corrected chi connectivity index (χ0v) is 11.9. The van der Waals surface area contributed by atoms with E-state index in [-0.39, 0.29) is 30.2 Å². The third-order valence-corrected chi connectivity index (χ3v) is 3.35. The van der Waals surface area contributed by atoms with Gasteiger partial charge in [0.2, 0.25) is 11.8 Å².